The van der Waals surface area contributed by atoms with Crippen molar-refractivity contribution in [3.8, 4) is 5.75 Å². The van der Waals surface area contributed by atoms with E-state index in [1.54, 1.807) is 37.6 Å². The summed E-state index contributed by atoms with van der Waals surface area (Å²) in [5.41, 5.74) is 1.79. The number of carboxylic acid groups (broad SMARTS) is 1. The van der Waals surface area contributed by atoms with Crippen molar-refractivity contribution in [1.29, 1.82) is 0 Å². The second kappa shape index (κ2) is 6.43. The highest BCUT2D eigenvalue weighted by Gasteiger charge is 2.06. The second-order valence-corrected chi connectivity index (χ2v) is 4.10. The Morgan fingerprint density at radius 3 is 2.50 bits per heavy atom. The summed E-state index contributed by atoms with van der Waals surface area (Å²) in [7, 11) is 1.62. The predicted molar refractivity (Wildman–Crippen MR) is 79.1 cm³/mol. The van der Waals surface area contributed by atoms with Crippen LogP contribution in [0.1, 0.15) is 15.9 Å². The Hall–Kier alpha value is -2.75. The number of methoxy groups -OCH3 is 1. The molecule has 0 unspecified atom stereocenters. The number of nitrogens with one attached hydrogen (secondary N) is 1. The summed E-state index contributed by atoms with van der Waals surface area (Å²) in [4.78, 5) is 11.0. The van der Waals surface area contributed by atoms with Gasteiger partial charge in [0, 0.05) is 6.20 Å². The molecule has 2 rings (SSSR count). The maximum absolute atomic E-state index is 11.0. The lowest BCUT2D eigenvalue weighted by Gasteiger charge is -2.05. The minimum Gasteiger partial charge on any atom is -0.497 e. The zero-order valence-corrected chi connectivity index (χ0v) is 11.0. The molecule has 0 saturated carbocycles. The fourth-order valence-electron chi connectivity index (χ4n) is 1.74. The molecule has 0 bridgehead atoms. The van der Waals surface area contributed by atoms with E-state index < -0.39 is 5.97 Å². The summed E-state index contributed by atoms with van der Waals surface area (Å²) in [6.45, 7) is 0. The van der Waals surface area contributed by atoms with Gasteiger partial charge >= 0.3 is 5.97 Å². The van der Waals surface area contributed by atoms with Crippen LogP contribution >= 0.6 is 0 Å². The first kappa shape index (κ1) is 13.7. The van der Waals surface area contributed by atoms with Gasteiger partial charge in [0.1, 0.15) is 5.75 Å². The van der Waals surface area contributed by atoms with Gasteiger partial charge in [-0.05, 0) is 35.9 Å². The van der Waals surface area contributed by atoms with Crippen LogP contribution in [0.3, 0.4) is 0 Å². The van der Waals surface area contributed by atoms with Gasteiger partial charge in [0.15, 0.2) is 0 Å². The monoisotopic (exact) mass is 269 g/mol. The Morgan fingerprint density at radius 1 is 1.15 bits per heavy atom. The van der Waals surface area contributed by atoms with Crippen molar-refractivity contribution in [3.05, 3.63) is 65.9 Å². The van der Waals surface area contributed by atoms with Crippen LogP contribution in [0.15, 0.2) is 54.7 Å². The summed E-state index contributed by atoms with van der Waals surface area (Å²) < 4.78 is 5.08. The number of anilines is 1. The Kier molecular flexibility index (Phi) is 4.39. The number of aromatic carboxylic acids is 1. The van der Waals surface area contributed by atoms with E-state index in [1.165, 1.54) is 0 Å². The molecule has 0 aliphatic rings. The average Bonchev–Trinajstić information content (AvgIpc) is 2.48. The van der Waals surface area contributed by atoms with Crippen molar-refractivity contribution < 1.29 is 14.6 Å². The van der Waals surface area contributed by atoms with Gasteiger partial charge in [-0.15, -0.1) is 0 Å². The fraction of sp³-hybridized carbons (Fsp3) is 0.0625. The maximum Gasteiger partial charge on any atom is 0.337 e. The van der Waals surface area contributed by atoms with E-state index in [9.17, 15) is 4.79 Å². The third kappa shape index (κ3) is 3.38. The zero-order valence-electron chi connectivity index (χ0n) is 11.0. The minimum absolute atomic E-state index is 0.242. The van der Waals surface area contributed by atoms with Gasteiger partial charge < -0.3 is 15.2 Å². The standard InChI is InChI=1S/C16H15NO3/c1-20-13-8-6-12(7-9-13)10-11-17-15-5-3-2-4-14(15)16(18)19/h2-11,17H,1H3,(H,18,19)/b11-10+. The van der Waals surface area contributed by atoms with Gasteiger partial charge in [-0.1, -0.05) is 24.3 Å². The SMILES string of the molecule is COc1ccc(/C=C/Nc2ccccc2C(=O)O)cc1. The molecule has 2 aromatic carbocycles. The largest absolute Gasteiger partial charge is 0.497 e. The summed E-state index contributed by atoms with van der Waals surface area (Å²) >= 11 is 0. The van der Waals surface area contributed by atoms with Crippen LogP contribution < -0.4 is 10.1 Å². The number of ether oxygens (including phenoxy) is 1. The quantitative estimate of drug-likeness (QED) is 0.872. The number of hydrogen-bond donors (Lipinski definition) is 2. The molecule has 20 heavy (non-hydrogen) atoms. The maximum atomic E-state index is 11.0. The first-order valence-corrected chi connectivity index (χ1v) is 6.10. The molecule has 2 aromatic rings. The molecule has 0 aliphatic carbocycles. The first-order chi connectivity index (χ1) is 9.70. The van der Waals surface area contributed by atoms with Gasteiger partial charge in [-0.25, -0.2) is 4.79 Å². The normalized spacial score (nSPS) is 10.4. The van der Waals surface area contributed by atoms with Gasteiger partial charge in [-0.3, -0.25) is 0 Å². The highest BCUT2D eigenvalue weighted by atomic mass is 16.5. The smallest absolute Gasteiger partial charge is 0.337 e. The van der Waals surface area contributed by atoms with Gasteiger partial charge in [-0.2, -0.15) is 0 Å². The summed E-state index contributed by atoms with van der Waals surface area (Å²) in [6, 6.07) is 14.3. The van der Waals surface area contributed by atoms with E-state index in [4.69, 9.17) is 9.84 Å². The molecule has 2 N–H and O–H groups in total. The van der Waals surface area contributed by atoms with Gasteiger partial charge in [0.05, 0.1) is 18.4 Å². The van der Waals surface area contributed by atoms with Crippen LogP contribution in [0.4, 0.5) is 5.69 Å². The number of benzene rings is 2. The molecular weight excluding hydrogens is 254 g/mol. The number of hydrogen-bond acceptors (Lipinski definition) is 3. The summed E-state index contributed by atoms with van der Waals surface area (Å²) in [6.07, 6.45) is 3.57. The van der Waals surface area contributed by atoms with Crippen LogP contribution in [0.25, 0.3) is 6.08 Å². The number of carbonyl (C=O) groups is 1. The van der Waals surface area contributed by atoms with E-state index >= 15 is 0 Å². The average molecular weight is 269 g/mol. The highest BCUT2D eigenvalue weighted by molar-refractivity contribution is 5.94. The number of para-hydroxylation sites is 1. The molecule has 102 valence electrons. The van der Waals surface area contributed by atoms with Crippen LogP contribution in [0, 0.1) is 0 Å². The molecule has 0 aromatic heterocycles. The highest BCUT2D eigenvalue weighted by Crippen LogP contribution is 2.16. The van der Waals surface area contributed by atoms with Crippen LogP contribution in [-0.4, -0.2) is 18.2 Å². The van der Waals surface area contributed by atoms with Crippen molar-refractivity contribution in [2.75, 3.05) is 12.4 Å². The van der Waals surface area contributed by atoms with Crippen molar-refractivity contribution in [2.24, 2.45) is 0 Å². The molecular formula is C16H15NO3. The topological polar surface area (TPSA) is 58.6 Å². The lowest BCUT2D eigenvalue weighted by Crippen LogP contribution is -2.01. The second-order valence-electron chi connectivity index (χ2n) is 4.10. The Morgan fingerprint density at radius 2 is 1.85 bits per heavy atom. The van der Waals surface area contributed by atoms with E-state index in [1.807, 2.05) is 30.3 Å². The van der Waals surface area contributed by atoms with Crippen LogP contribution in [-0.2, 0) is 0 Å². The van der Waals surface area contributed by atoms with Crippen LogP contribution in [0.5, 0.6) is 5.75 Å². The van der Waals surface area contributed by atoms with E-state index in [2.05, 4.69) is 5.32 Å². The Bertz CT molecular complexity index is 618. The van der Waals surface area contributed by atoms with Crippen molar-refractivity contribution in [3.63, 3.8) is 0 Å². The van der Waals surface area contributed by atoms with Crippen molar-refractivity contribution in [1.82, 2.24) is 0 Å². The lowest BCUT2D eigenvalue weighted by molar-refractivity contribution is 0.0698. The minimum atomic E-state index is -0.953. The van der Waals surface area contributed by atoms with E-state index in [0.29, 0.717) is 5.69 Å². The summed E-state index contributed by atoms with van der Waals surface area (Å²) in [5.74, 6) is -0.155. The molecule has 0 radical (unpaired) electrons. The third-order valence-corrected chi connectivity index (χ3v) is 2.79. The fourth-order valence-corrected chi connectivity index (χ4v) is 1.74. The first-order valence-electron chi connectivity index (χ1n) is 6.10. The molecule has 0 atom stereocenters. The zero-order chi connectivity index (χ0) is 14.4. The molecule has 4 heteroatoms. The Labute approximate surface area is 117 Å². The predicted octanol–water partition coefficient (Wildman–Crippen LogP) is 3.48. The molecule has 0 saturated heterocycles. The molecule has 0 fully saturated rings. The molecule has 0 aliphatic heterocycles. The van der Waals surface area contributed by atoms with Gasteiger partial charge in [0.25, 0.3) is 0 Å². The van der Waals surface area contributed by atoms with E-state index in [0.717, 1.165) is 11.3 Å². The number of rotatable bonds is 5. The molecule has 0 spiro atoms. The van der Waals surface area contributed by atoms with Crippen LogP contribution in [0.2, 0.25) is 0 Å². The van der Waals surface area contributed by atoms with Gasteiger partial charge in [0.2, 0.25) is 0 Å². The number of carboxylic acids is 1. The third-order valence-electron chi connectivity index (χ3n) is 2.79. The molecule has 0 heterocycles. The van der Waals surface area contributed by atoms with Crippen molar-refractivity contribution >= 4 is 17.7 Å². The molecule has 4 nitrogen and oxygen atoms in total. The summed E-state index contributed by atoms with van der Waals surface area (Å²) in [5, 5.41) is 12.0. The Balaban J connectivity index is 2.08. The lowest BCUT2D eigenvalue weighted by atomic mass is 10.2. The van der Waals surface area contributed by atoms with Crippen molar-refractivity contribution in [2.45, 2.75) is 0 Å². The van der Waals surface area contributed by atoms with E-state index in [-0.39, 0.29) is 5.56 Å². The molecule has 0 amide bonds.